The normalized spacial score (nSPS) is 20.1. The maximum Gasteiger partial charge on any atom is 0.0409 e. The Morgan fingerprint density at radius 1 is 1.11 bits per heavy atom. The second-order valence-corrected chi connectivity index (χ2v) is 5.86. The Morgan fingerprint density at radius 2 is 1.78 bits per heavy atom. The first-order chi connectivity index (χ1) is 8.81. The van der Waals surface area contributed by atoms with Crippen molar-refractivity contribution in [1.82, 2.24) is 5.32 Å². The third kappa shape index (κ3) is 3.73. The molecule has 0 amide bonds. The minimum Gasteiger partial charge on any atom is -0.313 e. The standard InChI is InChI=1S/C16H24ClN/c1-18-16(14-10-7-11-15(17)12-14)13-8-5-3-2-4-6-9-13/h7,10-13,16,18H,2-6,8-9H2,1H3. The lowest BCUT2D eigenvalue weighted by Gasteiger charge is -2.29. The van der Waals surface area contributed by atoms with E-state index in [0.717, 1.165) is 10.9 Å². The van der Waals surface area contributed by atoms with Crippen LogP contribution in [0.1, 0.15) is 56.6 Å². The highest BCUT2D eigenvalue weighted by Crippen LogP contribution is 2.33. The molecule has 1 atom stereocenters. The largest absolute Gasteiger partial charge is 0.313 e. The van der Waals surface area contributed by atoms with Gasteiger partial charge in [0.25, 0.3) is 0 Å². The number of halogens is 1. The minimum absolute atomic E-state index is 0.460. The molecule has 0 aliphatic heterocycles. The molecule has 2 heteroatoms. The number of hydrogen-bond donors (Lipinski definition) is 1. The third-order valence-electron chi connectivity index (χ3n) is 4.14. The summed E-state index contributed by atoms with van der Waals surface area (Å²) >= 11 is 6.12. The Kier molecular flexibility index (Phi) is 5.52. The van der Waals surface area contributed by atoms with Crippen molar-refractivity contribution in [2.75, 3.05) is 7.05 Å². The summed E-state index contributed by atoms with van der Waals surface area (Å²) in [6, 6.07) is 8.79. The number of rotatable bonds is 3. The Labute approximate surface area is 116 Å². The summed E-state index contributed by atoms with van der Waals surface area (Å²) in [5, 5.41) is 4.35. The van der Waals surface area contributed by atoms with Crippen LogP contribution in [0, 0.1) is 5.92 Å². The van der Waals surface area contributed by atoms with E-state index < -0.39 is 0 Å². The molecule has 1 aliphatic rings. The van der Waals surface area contributed by atoms with E-state index in [0.29, 0.717) is 6.04 Å². The Morgan fingerprint density at radius 3 is 2.39 bits per heavy atom. The SMILES string of the molecule is CNC(c1cccc(Cl)c1)C1CCCCCCC1. The Hall–Kier alpha value is -0.530. The van der Waals surface area contributed by atoms with Crippen molar-refractivity contribution in [3.8, 4) is 0 Å². The molecule has 100 valence electrons. The van der Waals surface area contributed by atoms with Crippen molar-refractivity contribution in [3.63, 3.8) is 0 Å². The van der Waals surface area contributed by atoms with Crippen LogP contribution in [0.2, 0.25) is 5.02 Å². The molecule has 1 aromatic rings. The fourth-order valence-corrected chi connectivity index (χ4v) is 3.39. The highest BCUT2D eigenvalue weighted by molar-refractivity contribution is 6.30. The molecule has 1 N–H and O–H groups in total. The zero-order valence-corrected chi connectivity index (χ0v) is 12.0. The Balaban J connectivity index is 2.10. The van der Waals surface area contributed by atoms with Crippen LogP contribution in [-0.2, 0) is 0 Å². The van der Waals surface area contributed by atoms with Crippen molar-refractivity contribution in [1.29, 1.82) is 0 Å². The molecule has 1 saturated carbocycles. The monoisotopic (exact) mass is 265 g/mol. The first-order valence-corrected chi connectivity index (χ1v) is 7.62. The molecule has 1 nitrogen and oxygen atoms in total. The van der Waals surface area contributed by atoms with Gasteiger partial charge < -0.3 is 5.32 Å². The molecule has 1 unspecified atom stereocenters. The van der Waals surface area contributed by atoms with Crippen molar-refractivity contribution in [2.24, 2.45) is 5.92 Å². The molecule has 0 saturated heterocycles. The summed E-state index contributed by atoms with van der Waals surface area (Å²) in [6.07, 6.45) is 9.68. The first kappa shape index (κ1) is 13.9. The fraction of sp³-hybridized carbons (Fsp3) is 0.625. The molecule has 0 spiro atoms. The fourth-order valence-electron chi connectivity index (χ4n) is 3.20. The van der Waals surface area contributed by atoms with Gasteiger partial charge in [-0.25, -0.2) is 0 Å². The van der Waals surface area contributed by atoms with E-state index in [2.05, 4.69) is 30.6 Å². The van der Waals surface area contributed by atoms with Crippen molar-refractivity contribution >= 4 is 11.6 Å². The predicted octanol–water partition coefficient (Wildman–Crippen LogP) is 4.96. The van der Waals surface area contributed by atoms with Gasteiger partial charge in [-0.3, -0.25) is 0 Å². The number of hydrogen-bond acceptors (Lipinski definition) is 1. The van der Waals surface area contributed by atoms with Crippen molar-refractivity contribution in [3.05, 3.63) is 34.9 Å². The molecule has 2 rings (SSSR count). The van der Waals surface area contributed by atoms with E-state index in [-0.39, 0.29) is 0 Å². The first-order valence-electron chi connectivity index (χ1n) is 7.24. The van der Waals surface area contributed by atoms with Gasteiger partial charge in [0.05, 0.1) is 0 Å². The van der Waals surface area contributed by atoms with E-state index in [1.165, 1.54) is 50.5 Å². The van der Waals surface area contributed by atoms with Gasteiger partial charge in [0, 0.05) is 11.1 Å². The van der Waals surface area contributed by atoms with Crippen LogP contribution < -0.4 is 5.32 Å². The van der Waals surface area contributed by atoms with Gasteiger partial charge in [-0.05, 0) is 43.5 Å². The van der Waals surface area contributed by atoms with Gasteiger partial charge in [-0.1, -0.05) is 55.8 Å². The molecule has 1 fully saturated rings. The second kappa shape index (κ2) is 7.16. The quantitative estimate of drug-likeness (QED) is 0.814. The van der Waals surface area contributed by atoms with Crippen LogP contribution in [0.25, 0.3) is 0 Å². The lowest BCUT2D eigenvalue weighted by atomic mass is 9.83. The van der Waals surface area contributed by atoms with Crippen LogP contribution in [0.15, 0.2) is 24.3 Å². The maximum atomic E-state index is 6.12. The average molecular weight is 266 g/mol. The van der Waals surface area contributed by atoms with E-state index in [9.17, 15) is 0 Å². The van der Waals surface area contributed by atoms with Gasteiger partial charge in [0.15, 0.2) is 0 Å². The van der Waals surface area contributed by atoms with Crippen LogP contribution >= 0.6 is 11.6 Å². The third-order valence-corrected chi connectivity index (χ3v) is 4.38. The predicted molar refractivity (Wildman–Crippen MR) is 79.1 cm³/mol. The van der Waals surface area contributed by atoms with E-state index in [4.69, 9.17) is 11.6 Å². The smallest absolute Gasteiger partial charge is 0.0409 e. The average Bonchev–Trinajstić information content (AvgIpc) is 2.32. The van der Waals surface area contributed by atoms with Crippen LogP contribution in [0.3, 0.4) is 0 Å². The van der Waals surface area contributed by atoms with Gasteiger partial charge in [-0.2, -0.15) is 0 Å². The van der Waals surface area contributed by atoms with Gasteiger partial charge in [0.2, 0.25) is 0 Å². The summed E-state index contributed by atoms with van der Waals surface area (Å²) in [6.45, 7) is 0. The zero-order chi connectivity index (χ0) is 12.8. The lowest BCUT2D eigenvalue weighted by Crippen LogP contribution is -2.26. The van der Waals surface area contributed by atoms with E-state index >= 15 is 0 Å². The van der Waals surface area contributed by atoms with E-state index in [1.54, 1.807) is 0 Å². The number of benzene rings is 1. The molecule has 0 bridgehead atoms. The lowest BCUT2D eigenvalue weighted by molar-refractivity contribution is 0.299. The molecular formula is C16H24ClN. The zero-order valence-electron chi connectivity index (χ0n) is 11.3. The molecular weight excluding hydrogens is 242 g/mol. The summed E-state index contributed by atoms with van der Waals surface area (Å²) in [4.78, 5) is 0. The summed E-state index contributed by atoms with van der Waals surface area (Å²) in [5.74, 6) is 0.758. The van der Waals surface area contributed by atoms with Crippen molar-refractivity contribution in [2.45, 2.75) is 51.0 Å². The molecule has 0 heterocycles. The van der Waals surface area contributed by atoms with Crippen LogP contribution in [-0.4, -0.2) is 7.05 Å². The second-order valence-electron chi connectivity index (χ2n) is 5.43. The maximum absolute atomic E-state index is 6.12. The molecule has 1 aliphatic carbocycles. The van der Waals surface area contributed by atoms with Crippen LogP contribution in [0.4, 0.5) is 0 Å². The van der Waals surface area contributed by atoms with E-state index in [1.807, 2.05) is 6.07 Å². The molecule has 0 aromatic heterocycles. The Bertz CT molecular complexity index is 356. The summed E-state index contributed by atoms with van der Waals surface area (Å²) < 4.78 is 0. The van der Waals surface area contributed by atoms with Gasteiger partial charge in [-0.15, -0.1) is 0 Å². The van der Waals surface area contributed by atoms with Gasteiger partial charge >= 0.3 is 0 Å². The molecule has 0 radical (unpaired) electrons. The topological polar surface area (TPSA) is 12.0 Å². The molecule has 18 heavy (non-hydrogen) atoms. The highest BCUT2D eigenvalue weighted by Gasteiger charge is 2.22. The number of nitrogens with one attached hydrogen (secondary N) is 1. The van der Waals surface area contributed by atoms with Crippen molar-refractivity contribution < 1.29 is 0 Å². The summed E-state index contributed by atoms with van der Waals surface area (Å²) in [7, 11) is 2.07. The van der Waals surface area contributed by atoms with Gasteiger partial charge in [0.1, 0.15) is 0 Å². The molecule has 1 aromatic carbocycles. The summed E-state index contributed by atoms with van der Waals surface area (Å²) in [5.41, 5.74) is 1.34. The minimum atomic E-state index is 0.460. The van der Waals surface area contributed by atoms with Crippen LogP contribution in [0.5, 0.6) is 0 Å². The highest BCUT2D eigenvalue weighted by atomic mass is 35.5.